The van der Waals surface area contributed by atoms with Gasteiger partial charge in [-0.15, -0.1) is 0 Å². The van der Waals surface area contributed by atoms with Crippen molar-refractivity contribution in [3.63, 3.8) is 0 Å². The summed E-state index contributed by atoms with van der Waals surface area (Å²) in [7, 11) is 0. The minimum Gasteiger partial charge on any atom is -0.392 e. The first-order chi connectivity index (χ1) is 4.83. The molecule has 0 aliphatic carbocycles. The molecule has 2 nitrogen and oxygen atoms in total. The van der Waals surface area contributed by atoms with Gasteiger partial charge in [-0.25, -0.2) is 0 Å². The molecule has 1 fully saturated rings. The van der Waals surface area contributed by atoms with E-state index >= 15 is 0 Å². The Hall–Kier alpha value is 0.400. The van der Waals surface area contributed by atoms with Crippen LogP contribution in [0.2, 0.25) is 0 Å². The summed E-state index contributed by atoms with van der Waals surface area (Å²) in [5, 5.41) is 13.3. The Labute approximate surface area is 70.1 Å². The maximum Gasteiger partial charge on any atom is 0.0651 e. The molecule has 60 valence electrons. The number of aliphatic hydroxyl groups is 1. The van der Waals surface area contributed by atoms with Gasteiger partial charge in [0.15, 0.2) is 0 Å². The van der Waals surface area contributed by atoms with Crippen molar-refractivity contribution >= 4 is 15.9 Å². The van der Waals surface area contributed by atoms with Crippen molar-refractivity contribution < 1.29 is 5.11 Å². The standard InChI is InChI=1S/C7H14BrNO/c8-5-7(10)4-6-2-1-3-9-6/h6-7,9-10H,1-5H2. The summed E-state index contributed by atoms with van der Waals surface area (Å²) in [4.78, 5) is 0. The number of halogens is 1. The number of hydrogen-bond donors (Lipinski definition) is 2. The fourth-order valence-electron chi connectivity index (χ4n) is 1.35. The van der Waals surface area contributed by atoms with E-state index in [0.29, 0.717) is 11.4 Å². The zero-order chi connectivity index (χ0) is 7.40. The second kappa shape index (κ2) is 4.31. The number of hydrogen-bond acceptors (Lipinski definition) is 2. The zero-order valence-corrected chi connectivity index (χ0v) is 7.60. The summed E-state index contributed by atoms with van der Waals surface area (Å²) in [5.74, 6) is 0. The Morgan fingerprint density at radius 3 is 3.00 bits per heavy atom. The van der Waals surface area contributed by atoms with Gasteiger partial charge in [-0.3, -0.25) is 0 Å². The van der Waals surface area contributed by atoms with Crippen LogP contribution in [0.3, 0.4) is 0 Å². The van der Waals surface area contributed by atoms with Crippen molar-refractivity contribution in [1.29, 1.82) is 0 Å². The highest BCUT2D eigenvalue weighted by Crippen LogP contribution is 2.11. The highest BCUT2D eigenvalue weighted by atomic mass is 79.9. The molecule has 3 heteroatoms. The van der Waals surface area contributed by atoms with Crippen molar-refractivity contribution in [2.45, 2.75) is 31.4 Å². The molecular weight excluding hydrogens is 194 g/mol. The first kappa shape index (κ1) is 8.50. The molecule has 0 aromatic heterocycles. The first-order valence-corrected chi connectivity index (χ1v) is 4.92. The average Bonchev–Trinajstić information content (AvgIpc) is 2.40. The summed E-state index contributed by atoms with van der Waals surface area (Å²) in [6, 6.07) is 0.563. The SMILES string of the molecule is OC(CBr)CC1CCCN1. The lowest BCUT2D eigenvalue weighted by molar-refractivity contribution is 0.177. The van der Waals surface area contributed by atoms with Crippen LogP contribution in [0, 0.1) is 0 Å². The molecule has 1 aliphatic rings. The highest BCUT2D eigenvalue weighted by molar-refractivity contribution is 9.09. The van der Waals surface area contributed by atoms with Gasteiger partial charge in [-0.1, -0.05) is 15.9 Å². The largest absolute Gasteiger partial charge is 0.392 e. The average molecular weight is 208 g/mol. The molecule has 0 amide bonds. The van der Waals surface area contributed by atoms with Gasteiger partial charge in [0, 0.05) is 11.4 Å². The molecule has 1 rings (SSSR count). The van der Waals surface area contributed by atoms with E-state index in [-0.39, 0.29) is 6.10 Å². The van der Waals surface area contributed by atoms with E-state index in [1.807, 2.05) is 0 Å². The van der Waals surface area contributed by atoms with E-state index in [1.165, 1.54) is 12.8 Å². The molecular formula is C7H14BrNO. The van der Waals surface area contributed by atoms with Gasteiger partial charge in [0.05, 0.1) is 6.10 Å². The second-order valence-electron chi connectivity index (χ2n) is 2.84. The van der Waals surface area contributed by atoms with Gasteiger partial charge >= 0.3 is 0 Å². The Morgan fingerprint density at radius 2 is 2.50 bits per heavy atom. The van der Waals surface area contributed by atoms with Gasteiger partial charge in [0.2, 0.25) is 0 Å². The van der Waals surface area contributed by atoms with Gasteiger partial charge in [-0.2, -0.15) is 0 Å². The molecule has 0 bridgehead atoms. The third-order valence-electron chi connectivity index (χ3n) is 1.90. The minimum absolute atomic E-state index is 0.171. The van der Waals surface area contributed by atoms with Crippen molar-refractivity contribution in [2.24, 2.45) is 0 Å². The molecule has 2 unspecified atom stereocenters. The van der Waals surface area contributed by atoms with Crippen LogP contribution in [0.15, 0.2) is 0 Å². The number of aliphatic hydroxyl groups excluding tert-OH is 1. The maximum absolute atomic E-state index is 9.23. The van der Waals surface area contributed by atoms with Crippen LogP contribution in [0.4, 0.5) is 0 Å². The maximum atomic E-state index is 9.23. The van der Waals surface area contributed by atoms with E-state index < -0.39 is 0 Å². The molecule has 2 atom stereocenters. The smallest absolute Gasteiger partial charge is 0.0651 e. The van der Waals surface area contributed by atoms with Crippen LogP contribution < -0.4 is 5.32 Å². The van der Waals surface area contributed by atoms with Crippen LogP contribution in [0.1, 0.15) is 19.3 Å². The second-order valence-corrected chi connectivity index (χ2v) is 3.48. The number of alkyl halides is 1. The first-order valence-electron chi connectivity index (χ1n) is 3.80. The highest BCUT2D eigenvalue weighted by Gasteiger charge is 2.16. The van der Waals surface area contributed by atoms with Gasteiger partial charge in [0.25, 0.3) is 0 Å². The Balaban J connectivity index is 2.11. The lowest BCUT2D eigenvalue weighted by Gasteiger charge is -2.12. The zero-order valence-electron chi connectivity index (χ0n) is 6.02. The monoisotopic (exact) mass is 207 g/mol. The summed E-state index contributed by atoms with van der Waals surface area (Å²) in [5.41, 5.74) is 0. The van der Waals surface area contributed by atoms with Crippen LogP contribution >= 0.6 is 15.9 Å². The predicted octanol–water partition coefficient (Wildman–Crippen LogP) is 0.884. The fourth-order valence-corrected chi connectivity index (χ4v) is 1.61. The van der Waals surface area contributed by atoms with E-state index in [2.05, 4.69) is 21.2 Å². The fraction of sp³-hybridized carbons (Fsp3) is 1.00. The van der Waals surface area contributed by atoms with Gasteiger partial charge in [-0.05, 0) is 25.8 Å². The predicted molar refractivity (Wildman–Crippen MR) is 45.4 cm³/mol. The Kier molecular flexibility index (Phi) is 3.66. The van der Waals surface area contributed by atoms with E-state index in [1.54, 1.807) is 0 Å². The van der Waals surface area contributed by atoms with Gasteiger partial charge < -0.3 is 10.4 Å². The lowest BCUT2D eigenvalue weighted by Crippen LogP contribution is -2.27. The summed E-state index contributed by atoms with van der Waals surface area (Å²) in [6.07, 6.45) is 3.21. The van der Waals surface area contributed by atoms with E-state index in [0.717, 1.165) is 13.0 Å². The molecule has 2 N–H and O–H groups in total. The van der Waals surface area contributed by atoms with E-state index in [4.69, 9.17) is 0 Å². The lowest BCUT2D eigenvalue weighted by atomic mass is 10.1. The van der Waals surface area contributed by atoms with Crippen LogP contribution in [0.25, 0.3) is 0 Å². The Bertz CT molecular complexity index is 93.6. The van der Waals surface area contributed by atoms with Crippen molar-refractivity contribution in [3.05, 3.63) is 0 Å². The quantitative estimate of drug-likeness (QED) is 0.675. The third-order valence-corrected chi connectivity index (χ3v) is 2.64. The molecule has 0 aromatic carbocycles. The molecule has 1 aliphatic heterocycles. The number of rotatable bonds is 3. The Morgan fingerprint density at radius 1 is 1.70 bits per heavy atom. The van der Waals surface area contributed by atoms with Crippen LogP contribution in [0.5, 0.6) is 0 Å². The van der Waals surface area contributed by atoms with Crippen molar-refractivity contribution in [1.82, 2.24) is 5.32 Å². The summed E-state index contributed by atoms with van der Waals surface area (Å²) < 4.78 is 0. The molecule has 1 saturated heterocycles. The summed E-state index contributed by atoms with van der Waals surface area (Å²) in [6.45, 7) is 1.12. The van der Waals surface area contributed by atoms with Crippen LogP contribution in [-0.2, 0) is 0 Å². The molecule has 0 aromatic rings. The third kappa shape index (κ3) is 2.56. The van der Waals surface area contributed by atoms with Crippen molar-refractivity contribution in [3.8, 4) is 0 Å². The van der Waals surface area contributed by atoms with Crippen LogP contribution in [-0.4, -0.2) is 29.1 Å². The molecule has 0 radical (unpaired) electrons. The van der Waals surface area contributed by atoms with Crippen molar-refractivity contribution in [2.75, 3.05) is 11.9 Å². The number of nitrogens with one attached hydrogen (secondary N) is 1. The van der Waals surface area contributed by atoms with Gasteiger partial charge in [0.1, 0.15) is 0 Å². The molecule has 1 heterocycles. The topological polar surface area (TPSA) is 32.3 Å². The summed E-state index contributed by atoms with van der Waals surface area (Å²) >= 11 is 3.24. The normalized spacial score (nSPS) is 28.8. The van der Waals surface area contributed by atoms with E-state index in [9.17, 15) is 5.11 Å². The molecule has 10 heavy (non-hydrogen) atoms. The minimum atomic E-state index is -0.171. The molecule has 0 saturated carbocycles. The molecule has 0 spiro atoms.